The van der Waals surface area contributed by atoms with Crippen molar-refractivity contribution in [3.8, 4) is 11.5 Å². The van der Waals surface area contributed by atoms with Gasteiger partial charge in [-0.2, -0.15) is 0 Å². The smallest absolute Gasteiger partial charge is 0.522 e. The molecule has 0 radical (unpaired) electrons. The number of ether oxygens (including phenoxy) is 1. The van der Waals surface area contributed by atoms with Crippen LogP contribution >= 0.6 is 0 Å². The van der Waals surface area contributed by atoms with E-state index in [0.717, 1.165) is 18.4 Å². The highest BCUT2D eigenvalue weighted by molar-refractivity contribution is 6.44. The molecule has 30 heavy (non-hydrogen) atoms. The summed E-state index contributed by atoms with van der Waals surface area (Å²) in [6.07, 6.45) is 2.36. The third-order valence-corrected chi connectivity index (χ3v) is 5.54. The van der Waals surface area contributed by atoms with Crippen molar-refractivity contribution in [3.63, 3.8) is 0 Å². The summed E-state index contributed by atoms with van der Waals surface area (Å²) in [5.74, 6) is -0.617. The van der Waals surface area contributed by atoms with Crippen LogP contribution in [0.15, 0.2) is 12.1 Å². The normalized spacial score (nSPS) is 18.1. The fourth-order valence-electron chi connectivity index (χ4n) is 3.81. The minimum atomic E-state index is -1.18. The summed E-state index contributed by atoms with van der Waals surface area (Å²) in [7, 11) is -1.03. The zero-order valence-electron chi connectivity index (χ0n) is 17.1. The van der Waals surface area contributed by atoms with E-state index in [2.05, 4.69) is 0 Å². The number of aliphatic hydroxyl groups excluding tert-OH is 1. The van der Waals surface area contributed by atoms with Crippen molar-refractivity contribution in [2.24, 2.45) is 11.7 Å². The van der Waals surface area contributed by atoms with Crippen LogP contribution in [0.3, 0.4) is 0 Å². The van der Waals surface area contributed by atoms with Gasteiger partial charge in [0.1, 0.15) is 29.4 Å². The fraction of sp³-hybridized carbons (Fsp3) is 0.600. The molecule has 2 heterocycles. The number of hydrogen-bond donors (Lipinski definition) is 4. The Hall–Kier alpha value is -2.30. The zero-order chi connectivity index (χ0) is 21.8. The van der Waals surface area contributed by atoms with Gasteiger partial charge in [0, 0.05) is 6.42 Å². The molecule has 0 saturated carbocycles. The van der Waals surface area contributed by atoms with Crippen molar-refractivity contribution in [2.75, 3.05) is 13.1 Å². The molecule has 3 rings (SSSR count). The van der Waals surface area contributed by atoms with Gasteiger partial charge in [0.15, 0.2) is 0 Å². The number of nitrogens with two attached hydrogens (primary N) is 1. The lowest BCUT2D eigenvalue weighted by atomic mass is 9.78. The van der Waals surface area contributed by atoms with Gasteiger partial charge in [-0.05, 0) is 43.1 Å². The van der Waals surface area contributed by atoms with Gasteiger partial charge in [-0.1, -0.05) is 19.4 Å². The Morgan fingerprint density at radius 3 is 2.77 bits per heavy atom. The number of carboxylic acid groups (broad SMARTS) is 1. The number of rotatable bonds is 9. The highest BCUT2D eigenvalue weighted by Crippen LogP contribution is 2.37. The van der Waals surface area contributed by atoms with Crippen LogP contribution in [0.25, 0.3) is 0 Å². The van der Waals surface area contributed by atoms with Gasteiger partial charge < -0.3 is 35.3 Å². The van der Waals surface area contributed by atoms with Gasteiger partial charge in [-0.25, -0.2) is 4.79 Å². The number of carboxylic acids is 1. The number of hydrogen-bond acceptors (Lipinski definition) is 7. The number of aryl methyl sites for hydroxylation is 1. The fourth-order valence-corrected chi connectivity index (χ4v) is 3.81. The number of carbonyl (C=O) groups is 2. The number of aliphatic hydroxyl groups is 1. The molecule has 0 bridgehead atoms. The van der Waals surface area contributed by atoms with E-state index >= 15 is 0 Å². The average Bonchev–Trinajstić information content (AvgIpc) is 2.62. The van der Waals surface area contributed by atoms with E-state index in [0.29, 0.717) is 38.7 Å². The largest absolute Gasteiger partial charge is 0.535 e. The lowest BCUT2D eigenvalue weighted by Crippen LogP contribution is -2.56. The van der Waals surface area contributed by atoms with E-state index in [1.54, 1.807) is 17.0 Å². The van der Waals surface area contributed by atoms with Crippen molar-refractivity contribution in [1.82, 2.24) is 4.90 Å². The van der Waals surface area contributed by atoms with Gasteiger partial charge >= 0.3 is 13.1 Å². The minimum Gasteiger partial charge on any atom is -0.535 e. The van der Waals surface area contributed by atoms with Crippen LogP contribution in [0, 0.1) is 5.92 Å². The Morgan fingerprint density at radius 1 is 1.37 bits per heavy atom. The maximum absolute atomic E-state index is 12.4. The van der Waals surface area contributed by atoms with Crippen LogP contribution in [-0.2, 0) is 11.2 Å². The van der Waals surface area contributed by atoms with Gasteiger partial charge in [-0.3, -0.25) is 4.79 Å². The number of aromatic carboxylic acids is 1. The third-order valence-electron chi connectivity index (χ3n) is 5.54. The number of nitrogens with zero attached hydrogens (tertiary/aromatic N) is 1. The highest BCUT2D eigenvalue weighted by Gasteiger charge is 2.35. The molecule has 1 unspecified atom stereocenters. The molecule has 1 aromatic rings. The van der Waals surface area contributed by atoms with Crippen LogP contribution in [0.1, 0.15) is 48.5 Å². The van der Waals surface area contributed by atoms with E-state index in [1.807, 2.05) is 6.92 Å². The van der Waals surface area contributed by atoms with Crippen molar-refractivity contribution >= 4 is 19.0 Å². The van der Waals surface area contributed by atoms with Gasteiger partial charge in [0.05, 0.1) is 13.1 Å². The Morgan fingerprint density at radius 2 is 2.10 bits per heavy atom. The second kappa shape index (κ2) is 9.68. The molecule has 9 nitrogen and oxygen atoms in total. The average molecular weight is 420 g/mol. The second-order valence-corrected chi connectivity index (χ2v) is 8.19. The summed E-state index contributed by atoms with van der Waals surface area (Å²) < 4.78 is 11.2. The van der Waals surface area contributed by atoms with Crippen molar-refractivity contribution in [3.05, 3.63) is 23.3 Å². The van der Waals surface area contributed by atoms with E-state index < -0.39 is 19.3 Å². The standard InChI is InChI=1S/C20H29BN2O7/c1-12(3-2-4-16(22)24)9-17(25)23-10-14(11-23)29-15-6-5-13-7-8-21(28)30-19(13)18(15)20(26)27/h5-6,12,14,16,24,28H,2-4,7-11,22H2,1H3,(H,26,27)/t12-,16?/m0/s1. The Balaban J connectivity index is 1.53. The molecule has 2 aliphatic rings. The quantitative estimate of drug-likeness (QED) is 0.340. The zero-order valence-corrected chi connectivity index (χ0v) is 17.1. The van der Waals surface area contributed by atoms with E-state index in [1.165, 1.54) is 0 Å². The van der Waals surface area contributed by atoms with Crippen molar-refractivity contribution in [1.29, 1.82) is 0 Å². The van der Waals surface area contributed by atoms with E-state index in [-0.39, 0.29) is 35.0 Å². The lowest BCUT2D eigenvalue weighted by molar-refractivity contribution is -0.141. The number of amides is 1. The molecule has 0 spiro atoms. The van der Waals surface area contributed by atoms with Gasteiger partial charge in [0.2, 0.25) is 5.91 Å². The molecular formula is C20H29BN2O7. The Kier molecular flexibility index (Phi) is 7.22. The molecule has 5 N–H and O–H groups in total. The number of fused-ring (bicyclic) bond motifs is 1. The molecule has 10 heteroatoms. The van der Waals surface area contributed by atoms with Crippen molar-refractivity contribution in [2.45, 2.75) is 57.7 Å². The number of carbonyl (C=O) groups excluding carboxylic acids is 1. The minimum absolute atomic E-state index is 0.0333. The maximum atomic E-state index is 12.4. The molecule has 2 atom stereocenters. The summed E-state index contributed by atoms with van der Waals surface area (Å²) >= 11 is 0. The maximum Gasteiger partial charge on any atom is 0.522 e. The molecule has 1 saturated heterocycles. The molecular weight excluding hydrogens is 391 g/mol. The molecule has 1 amide bonds. The van der Waals surface area contributed by atoms with Crippen molar-refractivity contribution < 1.29 is 34.2 Å². The first-order chi connectivity index (χ1) is 14.2. The predicted octanol–water partition coefficient (Wildman–Crippen LogP) is 0.863. The third kappa shape index (κ3) is 5.44. The molecule has 164 valence electrons. The topological polar surface area (TPSA) is 143 Å². The van der Waals surface area contributed by atoms with Crippen LogP contribution in [-0.4, -0.2) is 64.6 Å². The van der Waals surface area contributed by atoms with E-state index in [9.17, 15) is 19.7 Å². The second-order valence-electron chi connectivity index (χ2n) is 8.19. The highest BCUT2D eigenvalue weighted by atomic mass is 16.5. The monoisotopic (exact) mass is 420 g/mol. The molecule has 2 aliphatic heterocycles. The molecule has 0 aliphatic carbocycles. The Labute approximate surface area is 175 Å². The summed E-state index contributed by atoms with van der Waals surface area (Å²) in [6, 6.07) is 3.37. The van der Waals surface area contributed by atoms with E-state index in [4.69, 9.17) is 20.2 Å². The van der Waals surface area contributed by atoms with Gasteiger partial charge in [0.25, 0.3) is 0 Å². The van der Waals surface area contributed by atoms with Crippen LogP contribution in [0.5, 0.6) is 11.5 Å². The summed E-state index contributed by atoms with van der Waals surface area (Å²) in [6.45, 7) is 2.79. The number of benzene rings is 1. The number of likely N-dealkylation sites (tertiary alicyclic amines) is 1. The Bertz CT molecular complexity index is 783. The summed E-state index contributed by atoms with van der Waals surface area (Å²) in [4.78, 5) is 25.9. The molecule has 1 fully saturated rings. The first kappa shape index (κ1) is 22.4. The summed E-state index contributed by atoms with van der Waals surface area (Å²) in [5.41, 5.74) is 5.96. The van der Waals surface area contributed by atoms with Crippen LogP contribution in [0.2, 0.25) is 6.32 Å². The SMILES string of the molecule is C[C@@H](CCCC(N)O)CC(=O)N1CC(Oc2ccc3c(c2C(=O)O)OB(O)CC3)C1. The first-order valence-corrected chi connectivity index (χ1v) is 10.4. The molecule has 0 aromatic heterocycles. The van der Waals surface area contributed by atoms with Gasteiger partial charge in [-0.15, -0.1) is 0 Å². The van der Waals surface area contributed by atoms with Crippen LogP contribution < -0.4 is 15.1 Å². The first-order valence-electron chi connectivity index (χ1n) is 10.4. The molecule has 1 aromatic carbocycles. The summed E-state index contributed by atoms with van der Waals surface area (Å²) in [5, 5.41) is 28.4. The predicted molar refractivity (Wildman–Crippen MR) is 109 cm³/mol. The van der Waals surface area contributed by atoms with Crippen LogP contribution in [0.4, 0.5) is 0 Å². The lowest BCUT2D eigenvalue weighted by Gasteiger charge is -2.40.